The van der Waals surface area contributed by atoms with E-state index in [1.165, 1.54) is 12.8 Å². The van der Waals surface area contributed by atoms with E-state index in [2.05, 4.69) is 15.5 Å². The van der Waals surface area contributed by atoms with Gasteiger partial charge >= 0.3 is 0 Å². The number of aromatic nitrogens is 2. The molecule has 2 fully saturated rings. The van der Waals surface area contributed by atoms with Gasteiger partial charge in [-0.2, -0.15) is 4.98 Å². The molecule has 0 unspecified atom stereocenters. The van der Waals surface area contributed by atoms with Gasteiger partial charge in [-0.05, 0) is 37.8 Å². The Labute approximate surface area is 135 Å². The molecule has 0 spiro atoms. The summed E-state index contributed by atoms with van der Waals surface area (Å²) in [6.07, 6.45) is 7.92. The SMILES string of the molecule is O=C(Nc1cccc(-c2noc(C3CCCC3)n2)c1)C1CCC1. The lowest BCUT2D eigenvalue weighted by Gasteiger charge is -2.24. The Balaban J connectivity index is 1.50. The summed E-state index contributed by atoms with van der Waals surface area (Å²) >= 11 is 0. The molecule has 23 heavy (non-hydrogen) atoms. The summed E-state index contributed by atoms with van der Waals surface area (Å²) in [5.41, 5.74) is 1.68. The van der Waals surface area contributed by atoms with Gasteiger partial charge in [-0.25, -0.2) is 0 Å². The van der Waals surface area contributed by atoms with Gasteiger partial charge in [0.1, 0.15) is 0 Å². The van der Waals surface area contributed by atoms with Crippen molar-refractivity contribution in [3.63, 3.8) is 0 Å². The van der Waals surface area contributed by atoms with E-state index in [9.17, 15) is 4.79 Å². The standard InChI is InChI=1S/C18H21N3O2/c22-17(12-7-3-8-12)19-15-10-4-9-14(11-15)16-20-18(23-21-16)13-5-1-2-6-13/h4,9-13H,1-3,5-8H2,(H,19,22). The topological polar surface area (TPSA) is 68.0 Å². The second kappa shape index (κ2) is 6.14. The van der Waals surface area contributed by atoms with Crippen molar-refractivity contribution in [1.82, 2.24) is 10.1 Å². The van der Waals surface area contributed by atoms with Gasteiger partial charge in [0.05, 0.1) is 0 Å². The van der Waals surface area contributed by atoms with E-state index in [1.807, 2.05) is 24.3 Å². The van der Waals surface area contributed by atoms with Crippen LogP contribution in [0.25, 0.3) is 11.4 Å². The number of nitrogens with one attached hydrogen (secondary N) is 1. The Morgan fingerprint density at radius 3 is 2.70 bits per heavy atom. The highest BCUT2D eigenvalue weighted by atomic mass is 16.5. The maximum absolute atomic E-state index is 12.1. The van der Waals surface area contributed by atoms with Crippen molar-refractivity contribution in [2.75, 3.05) is 5.32 Å². The molecule has 2 aliphatic rings. The molecule has 120 valence electrons. The highest BCUT2D eigenvalue weighted by Crippen LogP contribution is 2.34. The third-order valence-corrected chi connectivity index (χ3v) is 5.01. The minimum Gasteiger partial charge on any atom is -0.339 e. The van der Waals surface area contributed by atoms with E-state index in [0.717, 1.165) is 49.2 Å². The number of hydrogen-bond acceptors (Lipinski definition) is 4. The predicted molar refractivity (Wildman–Crippen MR) is 86.9 cm³/mol. The van der Waals surface area contributed by atoms with E-state index in [1.54, 1.807) is 0 Å². The number of nitrogens with zero attached hydrogens (tertiary/aromatic N) is 2. The van der Waals surface area contributed by atoms with Gasteiger partial charge in [0.2, 0.25) is 17.6 Å². The van der Waals surface area contributed by atoms with E-state index in [4.69, 9.17) is 4.52 Å². The van der Waals surface area contributed by atoms with Crippen LogP contribution in [0.2, 0.25) is 0 Å². The normalized spacial score (nSPS) is 18.8. The summed E-state index contributed by atoms with van der Waals surface area (Å²) in [5.74, 6) is 2.07. The van der Waals surface area contributed by atoms with Crippen LogP contribution < -0.4 is 5.32 Å². The molecule has 0 atom stereocenters. The van der Waals surface area contributed by atoms with Crippen LogP contribution >= 0.6 is 0 Å². The van der Waals surface area contributed by atoms with Gasteiger partial charge in [-0.1, -0.05) is 36.6 Å². The molecule has 0 radical (unpaired) electrons. The summed E-state index contributed by atoms with van der Waals surface area (Å²) in [6, 6.07) is 7.68. The number of anilines is 1. The average molecular weight is 311 g/mol. The van der Waals surface area contributed by atoms with Crippen molar-refractivity contribution >= 4 is 11.6 Å². The van der Waals surface area contributed by atoms with Crippen LogP contribution in [0.4, 0.5) is 5.69 Å². The van der Waals surface area contributed by atoms with Crippen LogP contribution in [0.1, 0.15) is 56.8 Å². The van der Waals surface area contributed by atoms with E-state index in [0.29, 0.717) is 11.7 Å². The summed E-state index contributed by atoms with van der Waals surface area (Å²) in [4.78, 5) is 16.6. The van der Waals surface area contributed by atoms with Crippen molar-refractivity contribution < 1.29 is 9.32 Å². The molecule has 2 saturated carbocycles. The summed E-state index contributed by atoms with van der Waals surface area (Å²) in [7, 11) is 0. The molecule has 2 aliphatic carbocycles. The monoisotopic (exact) mass is 311 g/mol. The Kier molecular flexibility index (Phi) is 3.85. The second-order valence-electron chi connectivity index (χ2n) is 6.64. The molecule has 1 aromatic heterocycles. The van der Waals surface area contributed by atoms with Crippen molar-refractivity contribution in [2.24, 2.45) is 5.92 Å². The quantitative estimate of drug-likeness (QED) is 0.921. The third kappa shape index (κ3) is 3.00. The zero-order valence-electron chi connectivity index (χ0n) is 13.1. The molecule has 1 heterocycles. The molecule has 1 amide bonds. The highest BCUT2D eigenvalue weighted by Gasteiger charge is 2.25. The molecule has 5 heteroatoms. The lowest BCUT2D eigenvalue weighted by atomic mass is 9.85. The van der Waals surface area contributed by atoms with Gasteiger partial charge in [-0.3, -0.25) is 4.79 Å². The fourth-order valence-electron chi connectivity index (χ4n) is 3.34. The molecular weight excluding hydrogens is 290 g/mol. The molecular formula is C18H21N3O2. The summed E-state index contributed by atoms with van der Waals surface area (Å²) in [5, 5.41) is 7.11. The van der Waals surface area contributed by atoms with Crippen LogP contribution in [0.3, 0.4) is 0 Å². The Hall–Kier alpha value is -2.17. The first-order valence-electron chi connectivity index (χ1n) is 8.54. The minimum atomic E-state index is 0.119. The molecule has 0 bridgehead atoms. The highest BCUT2D eigenvalue weighted by molar-refractivity contribution is 5.93. The number of carbonyl (C=O) groups excluding carboxylic acids is 1. The maximum Gasteiger partial charge on any atom is 0.230 e. The molecule has 5 nitrogen and oxygen atoms in total. The van der Waals surface area contributed by atoms with Crippen LogP contribution in [0, 0.1) is 5.92 Å². The number of amides is 1. The molecule has 1 aromatic carbocycles. The molecule has 0 saturated heterocycles. The molecule has 1 N–H and O–H groups in total. The number of rotatable bonds is 4. The van der Waals surface area contributed by atoms with Crippen LogP contribution in [-0.4, -0.2) is 16.0 Å². The van der Waals surface area contributed by atoms with Crippen LogP contribution in [-0.2, 0) is 4.79 Å². The van der Waals surface area contributed by atoms with Gasteiger partial charge in [-0.15, -0.1) is 0 Å². The largest absolute Gasteiger partial charge is 0.339 e. The Bertz CT molecular complexity index is 700. The number of hydrogen-bond donors (Lipinski definition) is 1. The van der Waals surface area contributed by atoms with Crippen molar-refractivity contribution in [1.29, 1.82) is 0 Å². The van der Waals surface area contributed by atoms with Crippen LogP contribution in [0.15, 0.2) is 28.8 Å². The lowest BCUT2D eigenvalue weighted by Crippen LogP contribution is -2.27. The van der Waals surface area contributed by atoms with Gasteiger partial charge in [0.15, 0.2) is 0 Å². The minimum absolute atomic E-state index is 0.119. The van der Waals surface area contributed by atoms with Gasteiger partial charge < -0.3 is 9.84 Å². The van der Waals surface area contributed by atoms with E-state index < -0.39 is 0 Å². The average Bonchev–Trinajstić information content (AvgIpc) is 3.17. The van der Waals surface area contributed by atoms with Crippen molar-refractivity contribution in [3.05, 3.63) is 30.2 Å². The zero-order valence-corrected chi connectivity index (χ0v) is 13.1. The smallest absolute Gasteiger partial charge is 0.230 e. The third-order valence-electron chi connectivity index (χ3n) is 5.01. The maximum atomic E-state index is 12.1. The Morgan fingerprint density at radius 1 is 1.13 bits per heavy atom. The van der Waals surface area contributed by atoms with Crippen molar-refractivity contribution in [3.8, 4) is 11.4 Å². The van der Waals surface area contributed by atoms with Crippen LogP contribution in [0.5, 0.6) is 0 Å². The summed E-state index contributed by atoms with van der Waals surface area (Å²) in [6.45, 7) is 0. The zero-order chi connectivity index (χ0) is 15.6. The predicted octanol–water partition coefficient (Wildman–Crippen LogP) is 4.13. The number of carbonyl (C=O) groups is 1. The van der Waals surface area contributed by atoms with E-state index >= 15 is 0 Å². The van der Waals surface area contributed by atoms with Gasteiger partial charge in [0, 0.05) is 23.1 Å². The molecule has 0 aliphatic heterocycles. The first kappa shape index (κ1) is 14.4. The molecule has 2 aromatic rings. The summed E-state index contributed by atoms with van der Waals surface area (Å²) < 4.78 is 5.44. The second-order valence-corrected chi connectivity index (χ2v) is 6.64. The van der Waals surface area contributed by atoms with Gasteiger partial charge in [0.25, 0.3) is 0 Å². The lowest BCUT2D eigenvalue weighted by molar-refractivity contribution is -0.122. The Morgan fingerprint density at radius 2 is 1.96 bits per heavy atom. The molecule has 4 rings (SSSR count). The van der Waals surface area contributed by atoms with Crippen molar-refractivity contribution in [2.45, 2.75) is 50.9 Å². The fraction of sp³-hybridized carbons (Fsp3) is 0.500. The first-order chi connectivity index (χ1) is 11.3. The van der Waals surface area contributed by atoms with E-state index in [-0.39, 0.29) is 11.8 Å². The fourth-order valence-corrected chi connectivity index (χ4v) is 3.34. The number of benzene rings is 1. The first-order valence-corrected chi connectivity index (χ1v) is 8.54.